The molecule has 1 fully saturated rings. The number of hydrogen-bond acceptors (Lipinski definition) is 4. The van der Waals surface area contributed by atoms with Crippen LogP contribution < -0.4 is 10.6 Å². The molecular formula is C15H24BNO2S. The van der Waals surface area contributed by atoms with E-state index < -0.39 is 0 Å². The molecule has 0 radical (unpaired) electrons. The number of aryl methyl sites for hydroxylation is 1. The lowest BCUT2D eigenvalue weighted by atomic mass is 9.78. The maximum atomic E-state index is 6.21. The van der Waals surface area contributed by atoms with Crippen LogP contribution in [0.15, 0.2) is 24.3 Å². The van der Waals surface area contributed by atoms with Crippen LogP contribution in [-0.4, -0.2) is 24.1 Å². The van der Waals surface area contributed by atoms with Gasteiger partial charge in [0, 0.05) is 5.75 Å². The largest absolute Gasteiger partial charge is 0.494 e. The van der Waals surface area contributed by atoms with Crippen LogP contribution in [0.1, 0.15) is 39.7 Å². The van der Waals surface area contributed by atoms with E-state index in [9.17, 15) is 0 Å². The van der Waals surface area contributed by atoms with Crippen LogP contribution in [0.3, 0.4) is 0 Å². The number of benzene rings is 1. The van der Waals surface area contributed by atoms with Crippen molar-refractivity contribution in [2.24, 2.45) is 5.14 Å². The Morgan fingerprint density at radius 1 is 1.25 bits per heavy atom. The fraction of sp³-hybridized carbons (Fsp3) is 0.600. The van der Waals surface area contributed by atoms with Crippen molar-refractivity contribution in [1.82, 2.24) is 0 Å². The van der Waals surface area contributed by atoms with Crippen molar-refractivity contribution >= 4 is 24.5 Å². The van der Waals surface area contributed by atoms with Gasteiger partial charge in [0.25, 0.3) is 0 Å². The average molecular weight is 293 g/mol. The molecule has 1 aliphatic heterocycles. The van der Waals surface area contributed by atoms with Gasteiger partial charge in [0.2, 0.25) is 0 Å². The third kappa shape index (κ3) is 3.06. The van der Waals surface area contributed by atoms with Crippen LogP contribution in [0.25, 0.3) is 0 Å². The molecule has 1 heterocycles. The Kier molecular flexibility index (Phi) is 4.85. The quantitative estimate of drug-likeness (QED) is 0.669. The van der Waals surface area contributed by atoms with E-state index in [1.54, 1.807) is 0 Å². The van der Waals surface area contributed by atoms with Gasteiger partial charge in [-0.05, 0) is 44.6 Å². The van der Waals surface area contributed by atoms with Crippen molar-refractivity contribution in [3.05, 3.63) is 29.8 Å². The molecule has 1 aromatic rings. The molecular weight excluding hydrogens is 269 g/mol. The normalized spacial score (nSPS) is 25.1. The summed E-state index contributed by atoms with van der Waals surface area (Å²) >= 11 is 1.38. The van der Waals surface area contributed by atoms with Crippen LogP contribution in [0.4, 0.5) is 0 Å². The number of nitrogens with two attached hydrogens (primary N) is 1. The lowest BCUT2D eigenvalue weighted by Crippen LogP contribution is -2.44. The summed E-state index contributed by atoms with van der Waals surface area (Å²) in [6.07, 6.45) is 1.90. The van der Waals surface area contributed by atoms with Crippen LogP contribution in [0, 0.1) is 0 Å². The van der Waals surface area contributed by atoms with Crippen molar-refractivity contribution in [2.75, 3.05) is 5.75 Å². The van der Waals surface area contributed by atoms with Gasteiger partial charge in [-0.2, -0.15) is 0 Å². The Labute approximate surface area is 126 Å². The summed E-state index contributed by atoms with van der Waals surface area (Å²) in [6, 6.07) is 8.42. The second-order valence-electron chi connectivity index (χ2n) is 6.03. The molecule has 110 valence electrons. The minimum Gasteiger partial charge on any atom is -0.399 e. The first kappa shape index (κ1) is 15.9. The predicted octanol–water partition coefficient (Wildman–Crippen LogP) is 2.53. The predicted molar refractivity (Wildman–Crippen MR) is 87.1 cm³/mol. The highest BCUT2D eigenvalue weighted by Crippen LogP contribution is 2.39. The molecule has 0 aliphatic carbocycles. The van der Waals surface area contributed by atoms with Crippen molar-refractivity contribution in [1.29, 1.82) is 0 Å². The van der Waals surface area contributed by atoms with E-state index in [2.05, 4.69) is 52.0 Å². The topological polar surface area (TPSA) is 44.5 Å². The zero-order valence-corrected chi connectivity index (χ0v) is 13.6. The van der Waals surface area contributed by atoms with E-state index in [1.807, 2.05) is 0 Å². The highest BCUT2D eigenvalue weighted by atomic mass is 32.2. The summed E-state index contributed by atoms with van der Waals surface area (Å²) < 4.78 is 12.4. The Morgan fingerprint density at radius 3 is 2.60 bits per heavy atom. The summed E-state index contributed by atoms with van der Waals surface area (Å²) in [4.78, 5) is 0. The molecule has 5 heteroatoms. The molecule has 1 atom stereocenters. The Hall–Kier alpha value is -0.485. The lowest BCUT2D eigenvalue weighted by molar-refractivity contribution is -0.0118. The highest BCUT2D eigenvalue weighted by Gasteiger charge is 2.53. The minimum atomic E-state index is -0.282. The second-order valence-corrected chi connectivity index (χ2v) is 6.77. The monoisotopic (exact) mass is 293 g/mol. The second kappa shape index (κ2) is 6.10. The molecule has 2 rings (SSSR count). The first-order valence-electron chi connectivity index (χ1n) is 7.18. The van der Waals surface area contributed by atoms with Gasteiger partial charge in [-0.1, -0.05) is 43.1 Å². The van der Waals surface area contributed by atoms with E-state index in [0.717, 1.165) is 24.1 Å². The highest BCUT2D eigenvalue weighted by molar-refractivity contribution is 7.97. The molecule has 3 nitrogen and oxygen atoms in total. The van der Waals surface area contributed by atoms with E-state index in [0.29, 0.717) is 0 Å². The van der Waals surface area contributed by atoms with E-state index in [-0.39, 0.29) is 18.3 Å². The molecule has 0 spiro atoms. The van der Waals surface area contributed by atoms with Gasteiger partial charge in [0.1, 0.15) is 0 Å². The first-order valence-corrected chi connectivity index (χ1v) is 8.23. The van der Waals surface area contributed by atoms with E-state index >= 15 is 0 Å². The third-order valence-corrected chi connectivity index (χ3v) is 4.89. The molecule has 1 saturated heterocycles. The summed E-state index contributed by atoms with van der Waals surface area (Å²) in [5.41, 5.74) is 1.83. The molecule has 0 aromatic heterocycles. The molecule has 20 heavy (non-hydrogen) atoms. The Bertz CT molecular complexity index is 469. The maximum Gasteiger partial charge on any atom is 0.494 e. The molecule has 1 aromatic carbocycles. The van der Waals surface area contributed by atoms with Gasteiger partial charge in [-0.3, -0.25) is 5.14 Å². The number of hydrogen-bond donors (Lipinski definition) is 1. The SMILES string of the molecule is CCC1(C)OB(c2cccc(CCSN)c2)OC1(C)C. The van der Waals surface area contributed by atoms with Crippen molar-refractivity contribution < 1.29 is 9.31 Å². The van der Waals surface area contributed by atoms with Crippen LogP contribution in [0.2, 0.25) is 0 Å². The molecule has 0 bridgehead atoms. The Balaban J connectivity index is 2.17. The van der Waals surface area contributed by atoms with Crippen LogP contribution in [-0.2, 0) is 15.7 Å². The molecule has 1 unspecified atom stereocenters. The van der Waals surface area contributed by atoms with Gasteiger partial charge in [0.15, 0.2) is 0 Å². The lowest BCUT2D eigenvalue weighted by Gasteiger charge is -2.35. The molecule has 0 amide bonds. The Morgan fingerprint density at radius 2 is 2.00 bits per heavy atom. The van der Waals surface area contributed by atoms with E-state index in [1.165, 1.54) is 17.5 Å². The van der Waals surface area contributed by atoms with Gasteiger partial charge >= 0.3 is 7.12 Å². The van der Waals surface area contributed by atoms with Crippen molar-refractivity contribution in [3.8, 4) is 0 Å². The summed E-state index contributed by atoms with van der Waals surface area (Å²) in [5, 5.41) is 5.49. The minimum absolute atomic E-state index is 0.249. The summed E-state index contributed by atoms with van der Waals surface area (Å²) in [7, 11) is -0.277. The molecule has 1 aliphatic rings. The fourth-order valence-corrected chi connectivity index (χ4v) is 2.87. The molecule has 0 saturated carbocycles. The summed E-state index contributed by atoms with van der Waals surface area (Å²) in [6.45, 7) is 8.47. The third-order valence-electron chi connectivity index (χ3n) is 4.45. The standard InChI is InChI=1S/C15H24BNO2S/c1-5-15(4)14(2,3)18-16(19-15)13-8-6-7-12(11-13)9-10-20-17/h6-8,11H,5,9-10,17H2,1-4H3. The van der Waals surface area contributed by atoms with Crippen LogP contribution >= 0.6 is 11.9 Å². The van der Waals surface area contributed by atoms with Crippen molar-refractivity contribution in [2.45, 2.75) is 51.7 Å². The van der Waals surface area contributed by atoms with Gasteiger partial charge in [-0.15, -0.1) is 0 Å². The van der Waals surface area contributed by atoms with Crippen molar-refractivity contribution in [3.63, 3.8) is 0 Å². The van der Waals surface area contributed by atoms with Crippen LogP contribution in [0.5, 0.6) is 0 Å². The zero-order valence-electron chi connectivity index (χ0n) is 12.8. The van der Waals surface area contributed by atoms with Gasteiger partial charge < -0.3 is 9.31 Å². The van der Waals surface area contributed by atoms with Gasteiger partial charge in [-0.25, -0.2) is 0 Å². The number of rotatable bonds is 5. The fourth-order valence-electron chi connectivity index (χ4n) is 2.51. The first-order chi connectivity index (χ1) is 9.42. The zero-order chi connectivity index (χ0) is 14.8. The smallest absolute Gasteiger partial charge is 0.399 e. The van der Waals surface area contributed by atoms with Gasteiger partial charge in [0.05, 0.1) is 11.2 Å². The maximum absolute atomic E-state index is 6.21. The summed E-state index contributed by atoms with van der Waals surface area (Å²) in [5.74, 6) is 0.925. The van der Waals surface area contributed by atoms with E-state index in [4.69, 9.17) is 14.4 Å². The average Bonchev–Trinajstić information content (AvgIpc) is 2.68. The molecule has 2 N–H and O–H groups in total.